The molecule has 1 fully saturated rings. The Kier molecular flexibility index (Phi) is 6.48. The molecule has 2 heterocycles. The van der Waals surface area contributed by atoms with Gasteiger partial charge in [-0.05, 0) is 67.8 Å². The molecule has 1 atom stereocenters. The van der Waals surface area contributed by atoms with Crippen molar-refractivity contribution in [3.8, 4) is 5.75 Å². The second-order valence-electron chi connectivity index (χ2n) is 9.04. The number of hydrogen-bond donors (Lipinski definition) is 0. The first kappa shape index (κ1) is 23.4. The van der Waals surface area contributed by atoms with Crippen molar-refractivity contribution in [2.24, 2.45) is 0 Å². The third kappa shape index (κ3) is 4.63. The van der Waals surface area contributed by atoms with Gasteiger partial charge >= 0.3 is 0 Å². The summed E-state index contributed by atoms with van der Waals surface area (Å²) in [7, 11) is 0. The van der Waals surface area contributed by atoms with E-state index in [4.69, 9.17) is 21.3 Å². The molecule has 0 saturated carbocycles. The third-order valence-corrected chi connectivity index (χ3v) is 7.12. The highest BCUT2D eigenvalue weighted by atomic mass is 35.5. The molecule has 3 aromatic carbocycles. The van der Waals surface area contributed by atoms with Gasteiger partial charge in [-0.1, -0.05) is 35.9 Å². The molecular weight excluding hydrogens is 465 g/mol. The molecule has 4 aromatic rings. The summed E-state index contributed by atoms with van der Waals surface area (Å²) in [5, 5.41) is 0.766. The number of ether oxygens (including phenoxy) is 1. The number of amides is 1. The van der Waals surface area contributed by atoms with Crippen LogP contribution in [0.3, 0.4) is 0 Å². The Balaban J connectivity index is 1.34. The van der Waals surface area contributed by atoms with Crippen LogP contribution < -0.4 is 9.64 Å². The molecule has 1 saturated heterocycles. The minimum atomic E-state index is -0.389. The number of carbonyl (C=O) groups excluding carboxylic acids is 1. The van der Waals surface area contributed by atoms with Crippen LogP contribution in [0.5, 0.6) is 5.75 Å². The van der Waals surface area contributed by atoms with E-state index in [1.807, 2.05) is 50.2 Å². The van der Waals surface area contributed by atoms with Crippen LogP contribution in [0.2, 0.25) is 5.02 Å². The molecular formula is C28H27ClFN3O2. The summed E-state index contributed by atoms with van der Waals surface area (Å²) in [6.07, 6.45) is 1.07. The normalized spacial score (nSPS) is 15.8. The number of para-hydroxylation sites is 3. The van der Waals surface area contributed by atoms with Crippen LogP contribution in [-0.4, -0.2) is 28.6 Å². The van der Waals surface area contributed by atoms with Gasteiger partial charge in [0.25, 0.3) is 0 Å². The minimum Gasteiger partial charge on any atom is -0.494 e. The monoisotopic (exact) mass is 491 g/mol. The molecule has 7 heteroatoms. The van der Waals surface area contributed by atoms with Gasteiger partial charge in [-0.2, -0.15) is 0 Å². The molecule has 1 aliphatic heterocycles. The van der Waals surface area contributed by atoms with E-state index < -0.39 is 0 Å². The number of anilines is 1. The fourth-order valence-electron chi connectivity index (χ4n) is 4.83. The maximum absolute atomic E-state index is 14.4. The lowest BCUT2D eigenvalue weighted by atomic mass is 10.1. The van der Waals surface area contributed by atoms with Crippen molar-refractivity contribution < 1.29 is 13.9 Å². The molecule has 5 nitrogen and oxygen atoms in total. The van der Waals surface area contributed by atoms with Crippen molar-refractivity contribution in [2.75, 3.05) is 18.1 Å². The van der Waals surface area contributed by atoms with Gasteiger partial charge in [-0.3, -0.25) is 4.79 Å². The van der Waals surface area contributed by atoms with Crippen molar-refractivity contribution >= 4 is 34.2 Å². The van der Waals surface area contributed by atoms with Crippen LogP contribution in [0, 0.1) is 19.7 Å². The maximum atomic E-state index is 14.4. The Morgan fingerprint density at radius 3 is 2.57 bits per heavy atom. The average Bonchev–Trinajstić information content (AvgIpc) is 3.41. The fourth-order valence-corrected chi connectivity index (χ4v) is 4.94. The van der Waals surface area contributed by atoms with E-state index >= 15 is 0 Å². The first-order valence-corrected chi connectivity index (χ1v) is 12.2. The lowest BCUT2D eigenvalue weighted by Gasteiger charge is -2.18. The highest BCUT2D eigenvalue weighted by Gasteiger charge is 2.35. The Bertz CT molecular complexity index is 1380. The smallest absolute Gasteiger partial charge is 0.227 e. The SMILES string of the molecule is Cc1cc(OCCCn2c(C3CC(=O)N(c4ccccc4F)C3)nc3ccccc32)cc(C)c1Cl. The number of rotatable bonds is 7. The van der Waals surface area contributed by atoms with Gasteiger partial charge < -0.3 is 14.2 Å². The zero-order valence-electron chi connectivity index (χ0n) is 19.8. The standard InChI is InChI=1S/C28H27ClFN3O2/c1-18-14-21(15-19(2)27(18)29)35-13-7-12-32-25-11-6-4-9-23(25)31-28(32)20-16-26(34)33(17-20)24-10-5-3-8-22(24)30/h3-6,8-11,14-15,20H,7,12-13,16-17H2,1-2H3. The van der Waals surface area contributed by atoms with Gasteiger partial charge in [0.05, 0.1) is 23.3 Å². The molecule has 1 aliphatic rings. The first-order chi connectivity index (χ1) is 16.9. The molecule has 1 unspecified atom stereocenters. The quantitative estimate of drug-likeness (QED) is 0.280. The van der Waals surface area contributed by atoms with Gasteiger partial charge in [-0.15, -0.1) is 0 Å². The van der Waals surface area contributed by atoms with Crippen LogP contribution in [-0.2, 0) is 11.3 Å². The number of aryl methyl sites for hydroxylation is 3. The van der Waals surface area contributed by atoms with Gasteiger partial charge in [0.15, 0.2) is 0 Å². The topological polar surface area (TPSA) is 47.4 Å². The summed E-state index contributed by atoms with van der Waals surface area (Å²) >= 11 is 6.27. The molecule has 35 heavy (non-hydrogen) atoms. The molecule has 1 amide bonds. The van der Waals surface area contributed by atoms with Crippen LogP contribution in [0.4, 0.5) is 10.1 Å². The Morgan fingerprint density at radius 2 is 1.80 bits per heavy atom. The highest BCUT2D eigenvalue weighted by molar-refractivity contribution is 6.32. The summed E-state index contributed by atoms with van der Waals surface area (Å²) < 4.78 is 22.6. The molecule has 0 spiro atoms. The lowest BCUT2D eigenvalue weighted by Crippen LogP contribution is -2.25. The van der Waals surface area contributed by atoms with E-state index in [0.717, 1.165) is 45.2 Å². The molecule has 5 rings (SSSR count). The minimum absolute atomic E-state index is 0.0875. The first-order valence-electron chi connectivity index (χ1n) is 11.8. The summed E-state index contributed by atoms with van der Waals surface area (Å²) in [4.78, 5) is 19.3. The second-order valence-corrected chi connectivity index (χ2v) is 9.42. The lowest BCUT2D eigenvalue weighted by molar-refractivity contribution is -0.117. The number of nitrogens with zero attached hydrogens (tertiary/aromatic N) is 3. The van der Waals surface area contributed by atoms with Crippen LogP contribution >= 0.6 is 11.6 Å². The maximum Gasteiger partial charge on any atom is 0.227 e. The van der Waals surface area contributed by atoms with Crippen molar-refractivity contribution in [3.63, 3.8) is 0 Å². The number of fused-ring (bicyclic) bond motifs is 1. The van der Waals surface area contributed by atoms with Gasteiger partial charge in [0.1, 0.15) is 17.4 Å². The van der Waals surface area contributed by atoms with Crippen molar-refractivity contribution in [1.82, 2.24) is 9.55 Å². The summed E-state index contributed by atoms with van der Waals surface area (Å²) in [5.74, 6) is 1.07. The van der Waals surface area contributed by atoms with E-state index in [1.54, 1.807) is 18.2 Å². The third-order valence-electron chi connectivity index (χ3n) is 6.52. The Labute approximate surface area is 209 Å². The number of benzene rings is 3. The second kappa shape index (κ2) is 9.70. The molecule has 0 bridgehead atoms. The van der Waals surface area contributed by atoms with E-state index in [-0.39, 0.29) is 17.6 Å². The average molecular weight is 492 g/mol. The van der Waals surface area contributed by atoms with E-state index in [9.17, 15) is 9.18 Å². The molecule has 0 radical (unpaired) electrons. The summed E-state index contributed by atoms with van der Waals surface area (Å²) in [6, 6.07) is 18.3. The van der Waals surface area contributed by atoms with Gasteiger partial charge in [0.2, 0.25) is 5.91 Å². The number of halogens is 2. The zero-order valence-corrected chi connectivity index (χ0v) is 20.6. The number of imidazole rings is 1. The Hall–Kier alpha value is -3.38. The van der Waals surface area contributed by atoms with E-state index in [1.165, 1.54) is 11.0 Å². The van der Waals surface area contributed by atoms with Crippen LogP contribution in [0.25, 0.3) is 11.0 Å². The van der Waals surface area contributed by atoms with Gasteiger partial charge in [0, 0.05) is 30.5 Å². The fraction of sp³-hybridized carbons (Fsp3) is 0.286. The largest absolute Gasteiger partial charge is 0.494 e. The molecule has 0 N–H and O–H groups in total. The number of aromatic nitrogens is 2. The zero-order chi connectivity index (χ0) is 24.5. The molecule has 180 valence electrons. The van der Waals surface area contributed by atoms with Crippen molar-refractivity contribution in [2.45, 2.75) is 39.2 Å². The van der Waals surface area contributed by atoms with Crippen molar-refractivity contribution in [3.05, 3.63) is 88.5 Å². The molecule has 1 aromatic heterocycles. The van der Waals surface area contributed by atoms with E-state index in [0.29, 0.717) is 31.8 Å². The van der Waals surface area contributed by atoms with Crippen molar-refractivity contribution in [1.29, 1.82) is 0 Å². The molecule has 0 aliphatic carbocycles. The van der Waals surface area contributed by atoms with Crippen LogP contribution in [0.15, 0.2) is 60.7 Å². The van der Waals surface area contributed by atoms with Gasteiger partial charge in [-0.25, -0.2) is 9.37 Å². The Morgan fingerprint density at radius 1 is 1.09 bits per heavy atom. The predicted octanol–water partition coefficient (Wildman–Crippen LogP) is 6.44. The summed E-state index contributed by atoms with van der Waals surface area (Å²) in [5.41, 5.74) is 4.23. The number of hydrogen-bond acceptors (Lipinski definition) is 3. The highest BCUT2D eigenvalue weighted by Crippen LogP contribution is 2.34. The predicted molar refractivity (Wildman–Crippen MR) is 137 cm³/mol. The van der Waals surface area contributed by atoms with Crippen LogP contribution in [0.1, 0.15) is 35.7 Å². The number of carbonyl (C=O) groups is 1. The van der Waals surface area contributed by atoms with E-state index in [2.05, 4.69) is 4.57 Å². The summed E-state index contributed by atoms with van der Waals surface area (Å²) in [6.45, 7) is 5.59.